The topological polar surface area (TPSA) is 74.8 Å². The lowest BCUT2D eigenvalue weighted by molar-refractivity contribution is 0.241. The van der Waals surface area contributed by atoms with Crippen LogP contribution in [0.4, 0.5) is 0 Å². The van der Waals surface area contributed by atoms with Gasteiger partial charge in [0.25, 0.3) is 5.56 Å². The molecule has 0 spiro atoms. The minimum Gasteiger partial charge on any atom is -0.306 e. The van der Waals surface area contributed by atoms with Crippen molar-refractivity contribution in [3.8, 4) is 22.6 Å². The van der Waals surface area contributed by atoms with Gasteiger partial charge in [-0.3, -0.25) is 19.7 Å². The molecule has 4 heterocycles. The lowest BCUT2D eigenvalue weighted by Gasteiger charge is -2.27. The van der Waals surface area contributed by atoms with Crippen LogP contribution < -0.4 is 5.56 Å². The molecule has 0 saturated heterocycles. The number of H-pyrrole nitrogens is 1. The summed E-state index contributed by atoms with van der Waals surface area (Å²) in [6.07, 6.45) is 6.04. The van der Waals surface area contributed by atoms with E-state index in [2.05, 4.69) is 25.9 Å². The molecule has 0 bridgehead atoms. The maximum Gasteiger partial charge on any atom is 0.255 e. The van der Waals surface area contributed by atoms with E-state index in [4.69, 9.17) is 16.6 Å². The summed E-state index contributed by atoms with van der Waals surface area (Å²) in [5.74, 6) is 0.575. The Bertz CT molecular complexity index is 1270. The number of hydrogen-bond donors (Lipinski definition) is 1. The van der Waals surface area contributed by atoms with E-state index in [1.165, 1.54) is 0 Å². The van der Waals surface area contributed by atoms with Crippen molar-refractivity contribution >= 4 is 11.6 Å². The lowest BCUT2D eigenvalue weighted by Crippen LogP contribution is -2.35. The largest absolute Gasteiger partial charge is 0.306 e. The van der Waals surface area contributed by atoms with E-state index < -0.39 is 0 Å². The van der Waals surface area contributed by atoms with Crippen molar-refractivity contribution in [2.75, 3.05) is 6.54 Å². The van der Waals surface area contributed by atoms with Crippen LogP contribution in [0.1, 0.15) is 16.8 Å². The molecule has 0 saturated carbocycles. The van der Waals surface area contributed by atoms with Crippen molar-refractivity contribution in [1.29, 1.82) is 0 Å². The Morgan fingerprint density at radius 3 is 2.74 bits per heavy atom. The fourth-order valence-electron chi connectivity index (χ4n) is 3.85. The molecule has 4 aromatic rings. The van der Waals surface area contributed by atoms with E-state index in [0.717, 1.165) is 53.2 Å². The molecule has 3 aromatic heterocycles. The smallest absolute Gasteiger partial charge is 0.255 e. The number of nitrogens with zero attached hydrogens (tertiary/aromatic N) is 4. The first-order valence-electron chi connectivity index (χ1n) is 10.1. The van der Waals surface area contributed by atoms with Crippen molar-refractivity contribution in [2.24, 2.45) is 0 Å². The van der Waals surface area contributed by atoms with E-state index >= 15 is 0 Å². The molecule has 0 unspecified atom stereocenters. The third-order valence-corrected chi connectivity index (χ3v) is 5.67. The van der Waals surface area contributed by atoms with Gasteiger partial charge >= 0.3 is 0 Å². The fourth-order valence-corrected chi connectivity index (χ4v) is 4.04. The number of aromatic amines is 1. The molecule has 0 amide bonds. The Morgan fingerprint density at radius 1 is 1.06 bits per heavy atom. The van der Waals surface area contributed by atoms with Gasteiger partial charge in [0.1, 0.15) is 5.82 Å². The summed E-state index contributed by atoms with van der Waals surface area (Å²) in [4.78, 5) is 31.3. The molecular formula is C24H20ClN5O. The molecule has 1 aliphatic heterocycles. The second kappa shape index (κ2) is 8.41. The quantitative estimate of drug-likeness (QED) is 0.528. The Hall–Kier alpha value is -3.35. The predicted molar refractivity (Wildman–Crippen MR) is 121 cm³/mol. The number of aromatic nitrogens is 4. The van der Waals surface area contributed by atoms with Crippen molar-refractivity contribution in [2.45, 2.75) is 19.5 Å². The molecule has 0 fully saturated rings. The van der Waals surface area contributed by atoms with Crippen LogP contribution >= 0.6 is 11.6 Å². The van der Waals surface area contributed by atoms with Gasteiger partial charge in [0.15, 0.2) is 0 Å². The highest BCUT2D eigenvalue weighted by atomic mass is 35.5. The second-order valence-corrected chi connectivity index (χ2v) is 8.04. The van der Waals surface area contributed by atoms with Crippen LogP contribution in [0.15, 0.2) is 71.9 Å². The monoisotopic (exact) mass is 429 g/mol. The van der Waals surface area contributed by atoms with Gasteiger partial charge in [-0.25, -0.2) is 4.98 Å². The standard InChI is InChI=1S/C24H20ClN5O/c25-19-5-1-3-17(11-19)21-7-6-16(12-27-21)14-30-10-8-22-20(15-30)24(31)29-23(28-22)18-4-2-9-26-13-18/h1-7,9,11-13H,8,10,14-15H2,(H,28,29,31). The van der Waals surface area contributed by atoms with Gasteiger partial charge in [-0.2, -0.15) is 0 Å². The van der Waals surface area contributed by atoms with Crippen LogP contribution in [-0.4, -0.2) is 31.4 Å². The molecule has 0 aliphatic carbocycles. The average Bonchev–Trinajstić information content (AvgIpc) is 2.80. The first kappa shape index (κ1) is 19.6. The minimum atomic E-state index is -0.0806. The van der Waals surface area contributed by atoms with Gasteiger partial charge < -0.3 is 4.98 Å². The molecule has 0 radical (unpaired) electrons. The predicted octanol–water partition coefficient (Wildman–Crippen LogP) is 4.11. The number of fused-ring (bicyclic) bond motifs is 1. The van der Waals surface area contributed by atoms with E-state index in [1.54, 1.807) is 12.4 Å². The third kappa shape index (κ3) is 4.26. The summed E-state index contributed by atoms with van der Waals surface area (Å²) < 4.78 is 0. The molecule has 154 valence electrons. The Kier molecular flexibility index (Phi) is 5.32. The van der Waals surface area contributed by atoms with Gasteiger partial charge in [0, 0.05) is 60.8 Å². The van der Waals surface area contributed by atoms with Crippen LogP contribution in [0.2, 0.25) is 5.02 Å². The Balaban J connectivity index is 1.31. The van der Waals surface area contributed by atoms with Crippen molar-refractivity contribution in [1.82, 2.24) is 24.8 Å². The summed E-state index contributed by atoms with van der Waals surface area (Å²) in [6, 6.07) is 15.5. The minimum absolute atomic E-state index is 0.0806. The zero-order chi connectivity index (χ0) is 21.2. The summed E-state index contributed by atoms with van der Waals surface area (Å²) in [5, 5.41) is 0.695. The Morgan fingerprint density at radius 2 is 1.97 bits per heavy atom. The average molecular weight is 430 g/mol. The molecular weight excluding hydrogens is 410 g/mol. The summed E-state index contributed by atoms with van der Waals surface area (Å²) in [6.45, 7) is 2.14. The molecule has 0 atom stereocenters. The van der Waals surface area contributed by atoms with E-state index in [1.807, 2.05) is 48.7 Å². The summed E-state index contributed by atoms with van der Waals surface area (Å²) >= 11 is 6.08. The van der Waals surface area contributed by atoms with Gasteiger partial charge in [-0.05, 0) is 35.9 Å². The molecule has 7 heteroatoms. The van der Waals surface area contributed by atoms with E-state index in [9.17, 15) is 4.79 Å². The van der Waals surface area contributed by atoms with Crippen LogP contribution in [0.5, 0.6) is 0 Å². The van der Waals surface area contributed by atoms with Gasteiger partial charge in [-0.15, -0.1) is 0 Å². The number of benzene rings is 1. The zero-order valence-electron chi connectivity index (χ0n) is 16.8. The zero-order valence-corrected chi connectivity index (χ0v) is 17.5. The third-order valence-electron chi connectivity index (χ3n) is 5.43. The molecule has 6 nitrogen and oxygen atoms in total. The van der Waals surface area contributed by atoms with Crippen molar-refractivity contribution in [3.05, 3.63) is 99.3 Å². The summed E-state index contributed by atoms with van der Waals surface area (Å²) in [5.41, 5.74) is 5.33. The number of pyridine rings is 2. The SMILES string of the molecule is O=c1[nH]c(-c2cccnc2)nc2c1CN(Cc1ccc(-c3cccc(Cl)c3)nc1)CC2. The highest BCUT2D eigenvalue weighted by molar-refractivity contribution is 6.30. The molecule has 5 rings (SSSR count). The highest BCUT2D eigenvalue weighted by Gasteiger charge is 2.21. The maximum atomic E-state index is 12.7. The number of hydrogen-bond acceptors (Lipinski definition) is 5. The molecule has 1 aliphatic rings. The number of halogens is 1. The van der Waals surface area contributed by atoms with Crippen molar-refractivity contribution < 1.29 is 0 Å². The van der Waals surface area contributed by atoms with E-state index in [0.29, 0.717) is 17.4 Å². The van der Waals surface area contributed by atoms with Crippen molar-refractivity contribution in [3.63, 3.8) is 0 Å². The van der Waals surface area contributed by atoms with Crippen LogP contribution in [-0.2, 0) is 19.5 Å². The fraction of sp³-hybridized carbons (Fsp3) is 0.167. The normalized spacial score (nSPS) is 13.7. The molecule has 31 heavy (non-hydrogen) atoms. The van der Waals surface area contributed by atoms with Gasteiger partial charge in [-0.1, -0.05) is 29.8 Å². The first-order valence-corrected chi connectivity index (χ1v) is 10.5. The lowest BCUT2D eigenvalue weighted by atomic mass is 10.1. The van der Waals surface area contributed by atoms with Crippen LogP contribution in [0, 0.1) is 0 Å². The first-order chi connectivity index (χ1) is 15.2. The number of nitrogens with one attached hydrogen (secondary N) is 1. The second-order valence-electron chi connectivity index (χ2n) is 7.60. The van der Waals surface area contributed by atoms with Crippen LogP contribution in [0.25, 0.3) is 22.6 Å². The highest BCUT2D eigenvalue weighted by Crippen LogP contribution is 2.22. The maximum absolute atomic E-state index is 12.7. The summed E-state index contributed by atoms with van der Waals surface area (Å²) in [7, 11) is 0. The van der Waals surface area contributed by atoms with E-state index in [-0.39, 0.29) is 5.56 Å². The molecule has 1 N–H and O–H groups in total. The molecule has 1 aromatic carbocycles. The van der Waals surface area contributed by atoms with Gasteiger partial charge in [0.2, 0.25) is 0 Å². The number of rotatable bonds is 4. The Labute approximate surface area is 184 Å². The van der Waals surface area contributed by atoms with Crippen LogP contribution in [0.3, 0.4) is 0 Å². The van der Waals surface area contributed by atoms with Gasteiger partial charge in [0.05, 0.1) is 17.0 Å².